The fourth-order valence-electron chi connectivity index (χ4n) is 2.35. The Bertz CT molecular complexity index is 1180. The second-order valence-electron chi connectivity index (χ2n) is 6.10. The van der Waals surface area contributed by atoms with E-state index in [1.54, 1.807) is 37.4 Å². The van der Waals surface area contributed by atoms with Crippen LogP contribution >= 0.6 is 11.3 Å². The molecule has 4 N–H and O–H groups in total. The maximum atomic E-state index is 12.7. The molecule has 0 amide bonds. The van der Waals surface area contributed by atoms with Crippen molar-refractivity contribution in [2.24, 2.45) is 0 Å². The summed E-state index contributed by atoms with van der Waals surface area (Å²) in [4.78, 5) is 18.1. The van der Waals surface area contributed by atoms with Gasteiger partial charge in [-0.3, -0.25) is 9.71 Å². The molecule has 2 heterocycles. The Morgan fingerprint density at radius 2 is 1.87 bits per heavy atom. The number of carbonyl (C=O) groups is 1. The Morgan fingerprint density at radius 3 is 2.35 bits per heavy atom. The lowest BCUT2D eigenvalue weighted by Crippen LogP contribution is -2.21. The van der Waals surface area contributed by atoms with E-state index in [9.17, 15) is 21.6 Å². The number of sulfonamides is 1. The number of nitrogens with two attached hydrogens (primary N) is 1. The van der Waals surface area contributed by atoms with Crippen molar-refractivity contribution in [3.8, 4) is 10.4 Å². The summed E-state index contributed by atoms with van der Waals surface area (Å²) in [5.74, 6) is -2.76. The van der Waals surface area contributed by atoms with Crippen LogP contribution in [-0.4, -0.2) is 35.6 Å². The molecule has 0 radical (unpaired) electrons. The number of hydrogen-bond donors (Lipinski definition) is 3. The number of thiazole rings is 1. The van der Waals surface area contributed by atoms with Crippen LogP contribution in [0.4, 0.5) is 24.0 Å². The fourth-order valence-corrected chi connectivity index (χ4v) is 4.49. The molecule has 0 bridgehead atoms. The molecule has 13 heteroatoms. The molecule has 2 aromatic heterocycles. The van der Waals surface area contributed by atoms with Crippen molar-refractivity contribution in [3.63, 3.8) is 0 Å². The van der Waals surface area contributed by atoms with E-state index in [4.69, 9.17) is 15.6 Å². The van der Waals surface area contributed by atoms with Crippen LogP contribution in [0, 0.1) is 13.8 Å². The summed E-state index contributed by atoms with van der Waals surface area (Å²) in [6, 6.07) is 8.62. The highest BCUT2D eigenvalue weighted by molar-refractivity contribution is 7.92. The first-order valence-corrected chi connectivity index (χ1v) is 10.7. The minimum atomic E-state index is -5.08. The number of halogens is 3. The van der Waals surface area contributed by atoms with E-state index in [1.807, 2.05) is 13.0 Å². The molecular weight excluding hydrogens is 457 g/mol. The molecule has 0 saturated carbocycles. The monoisotopic (exact) mass is 474 g/mol. The van der Waals surface area contributed by atoms with E-state index in [0.717, 1.165) is 16.1 Å². The van der Waals surface area contributed by atoms with Gasteiger partial charge in [0.2, 0.25) is 0 Å². The fraction of sp³-hybridized carbons (Fsp3) is 0.167. The lowest BCUT2D eigenvalue weighted by Gasteiger charge is -2.11. The van der Waals surface area contributed by atoms with Gasteiger partial charge in [-0.1, -0.05) is 23.5 Å². The van der Waals surface area contributed by atoms with Gasteiger partial charge in [0.25, 0.3) is 10.0 Å². The van der Waals surface area contributed by atoms with Gasteiger partial charge < -0.3 is 10.8 Å². The Kier molecular flexibility index (Phi) is 7.23. The number of carboxylic acid groups (broad SMARTS) is 1. The maximum Gasteiger partial charge on any atom is 0.490 e. The van der Waals surface area contributed by atoms with Gasteiger partial charge in [-0.25, -0.2) is 18.2 Å². The molecule has 1 aromatic carbocycles. The number of aryl methyl sites for hydroxylation is 2. The van der Waals surface area contributed by atoms with Crippen LogP contribution in [0.3, 0.4) is 0 Å². The number of rotatable bonds is 4. The van der Waals surface area contributed by atoms with Gasteiger partial charge in [0.1, 0.15) is 0 Å². The Labute approximate surface area is 179 Å². The second-order valence-corrected chi connectivity index (χ2v) is 8.78. The molecule has 3 aromatic rings. The third kappa shape index (κ3) is 6.39. The molecule has 0 spiro atoms. The van der Waals surface area contributed by atoms with Crippen LogP contribution < -0.4 is 10.5 Å². The van der Waals surface area contributed by atoms with Crippen molar-refractivity contribution in [3.05, 3.63) is 54.0 Å². The van der Waals surface area contributed by atoms with Gasteiger partial charge in [-0.2, -0.15) is 13.2 Å². The zero-order valence-corrected chi connectivity index (χ0v) is 17.8. The molecule has 0 aliphatic carbocycles. The largest absolute Gasteiger partial charge is 0.490 e. The van der Waals surface area contributed by atoms with Crippen LogP contribution in [0.5, 0.6) is 0 Å². The number of pyridine rings is 1. The molecule has 0 saturated heterocycles. The highest BCUT2D eigenvalue weighted by Crippen LogP contribution is 2.33. The quantitative estimate of drug-likeness (QED) is 0.523. The maximum absolute atomic E-state index is 12.7. The topological polar surface area (TPSA) is 135 Å². The zero-order valence-electron chi connectivity index (χ0n) is 16.1. The van der Waals surface area contributed by atoms with Crippen LogP contribution in [0.15, 0.2) is 47.6 Å². The average molecular weight is 474 g/mol. The van der Waals surface area contributed by atoms with E-state index in [2.05, 4.69) is 14.7 Å². The lowest BCUT2D eigenvalue weighted by atomic mass is 10.1. The number of alkyl halides is 3. The summed E-state index contributed by atoms with van der Waals surface area (Å²) in [6.07, 6.45) is -2.04. The molecule has 8 nitrogen and oxygen atoms in total. The Hall–Kier alpha value is -3.19. The SMILES string of the molecule is Cc1ccc(-c2sc(N)nc2C)cc1S(=O)(=O)Nc1cccnc1.O=C(O)C(F)(F)F. The van der Waals surface area contributed by atoms with Gasteiger partial charge in [-0.15, -0.1) is 0 Å². The Balaban J connectivity index is 0.000000423. The van der Waals surface area contributed by atoms with Crippen molar-refractivity contribution in [2.75, 3.05) is 10.5 Å². The summed E-state index contributed by atoms with van der Waals surface area (Å²) >= 11 is 1.34. The van der Waals surface area contributed by atoms with Crippen molar-refractivity contribution < 1.29 is 31.5 Å². The third-order valence-electron chi connectivity index (χ3n) is 3.71. The minimum Gasteiger partial charge on any atom is -0.475 e. The summed E-state index contributed by atoms with van der Waals surface area (Å²) in [6.45, 7) is 3.61. The number of nitrogens with one attached hydrogen (secondary N) is 1. The minimum absolute atomic E-state index is 0.218. The van der Waals surface area contributed by atoms with Gasteiger partial charge in [0, 0.05) is 6.20 Å². The number of hydrogen-bond acceptors (Lipinski definition) is 7. The number of nitrogens with zero attached hydrogens (tertiary/aromatic N) is 2. The first-order chi connectivity index (χ1) is 14.3. The summed E-state index contributed by atoms with van der Waals surface area (Å²) in [5, 5.41) is 7.58. The zero-order chi connectivity index (χ0) is 23.4. The number of carboxylic acids is 1. The molecule has 166 valence electrons. The van der Waals surface area contributed by atoms with Crippen molar-refractivity contribution in [1.82, 2.24) is 9.97 Å². The van der Waals surface area contributed by atoms with E-state index in [1.165, 1.54) is 17.5 Å². The summed E-state index contributed by atoms with van der Waals surface area (Å²) < 4.78 is 59.7. The number of benzene rings is 1. The molecule has 0 unspecified atom stereocenters. The van der Waals surface area contributed by atoms with Gasteiger partial charge in [0.15, 0.2) is 5.13 Å². The molecule has 3 rings (SSSR count). The highest BCUT2D eigenvalue weighted by atomic mass is 32.2. The van der Waals surface area contributed by atoms with E-state index in [-0.39, 0.29) is 4.90 Å². The van der Waals surface area contributed by atoms with E-state index >= 15 is 0 Å². The van der Waals surface area contributed by atoms with E-state index in [0.29, 0.717) is 16.4 Å². The Morgan fingerprint density at radius 1 is 1.23 bits per heavy atom. The van der Waals surface area contributed by atoms with Crippen molar-refractivity contribution >= 4 is 38.1 Å². The molecular formula is C18H17F3N4O4S2. The standard InChI is InChI=1S/C16H16N4O2S2.C2HF3O2/c1-10-5-6-12(15-11(2)19-16(17)23-15)8-14(10)24(21,22)20-13-4-3-7-18-9-13;3-2(4,5)1(6)7/h3-9,20H,1-2H3,(H2,17,19);(H,6,7). The van der Waals surface area contributed by atoms with Crippen LogP contribution in [0.2, 0.25) is 0 Å². The number of anilines is 2. The predicted molar refractivity (Wildman–Crippen MR) is 110 cm³/mol. The normalized spacial score (nSPS) is 11.4. The predicted octanol–water partition coefficient (Wildman–Crippen LogP) is 3.84. The first-order valence-electron chi connectivity index (χ1n) is 8.38. The van der Waals surface area contributed by atoms with Crippen LogP contribution in [0.1, 0.15) is 11.3 Å². The number of aliphatic carboxylic acids is 1. The highest BCUT2D eigenvalue weighted by Gasteiger charge is 2.38. The molecule has 0 fully saturated rings. The van der Waals surface area contributed by atoms with Gasteiger partial charge in [-0.05, 0) is 43.2 Å². The molecule has 31 heavy (non-hydrogen) atoms. The summed E-state index contributed by atoms with van der Waals surface area (Å²) in [7, 11) is -3.72. The lowest BCUT2D eigenvalue weighted by molar-refractivity contribution is -0.192. The smallest absolute Gasteiger partial charge is 0.475 e. The molecule has 0 aliphatic rings. The van der Waals surface area contributed by atoms with Crippen LogP contribution in [0.25, 0.3) is 10.4 Å². The van der Waals surface area contributed by atoms with Crippen molar-refractivity contribution in [1.29, 1.82) is 0 Å². The van der Waals surface area contributed by atoms with Crippen LogP contribution in [-0.2, 0) is 14.8 Å². The van der Waals surface area contributed by atoms with Gasteiger partial charge >= 0.3 is 12.1 Å². The van der Waals surface area contributed by atoms with E-state index < -0.39 is 22.2 Å². The average Bonchev–Trinajstić information content (AvgIpc) is 3.00. The van der Waals surface area contributed by atoms with Crippen molar-refractivity contribution in [2.45, 2.75) is 24.9 Å². The number of nitrogen functional groups attached to an aromatic ring is 1. The number of aromatic nitrogens is 2. The van der Waals surface area contributed by atoms with Gasteiger partial charge in [0.05, 0.1) is 27.4 Å². The molecule has 0 aliphatic heterocycles. The summed E-state index contributed by atoms with van der Waals surface area (Å²) in [5.41, 5.74) is 8.38. The first kappa shape index (κ1) is 24.1. The molecule has 0 atom stereocenters. The second kappa shape index (κ2) is 9.31. The third-order valence-corrected chi connectivity index (χ3v) is 6.27.